The highest BCUT2D eigenvalue weighted by molar-refractivity contribution is 7.18. The zero-order valence-corrected chi connectivity index (χ0v) is 18.6. The summed E-state index contributed by atoms with van der Waals surface area (Å²) in [6.07, 6.45) is 4.24. The van der Waals surface area contributed by atoms with Gasteiger partial charge in [-0.25, -0.2) is 4.98 Å². The van der Waals surface area contributed by atoms with E-state index in [9.17, 15) is 4.79 Å². The summed E-state index contributed by atoms with van der Waals surface area (Å²) < 4.78 is 1.21. The molecule has 6 heteroatoms. The maximum atomic E-state index is 12.6. The van der Waals surface area contributed by atoms with Crippen LogP contribution in [0.5, 0.6) is 0 Å². The molecule has 1 atom stereocenters. The maximum Gasteiger partial charge on any atom is 0.220 e. The quantitative estimate of drug-likeness (QED) is 0.303. The van der Waals surface area contributed by atoms with E-state index in [2.05, 4.69) is 63.3 Å². The number of nitrogens with zero attached hydrogens (tertiary/aromatic N) is 1. The van der Waals surface area contributed by atoms with Gasteiger partial charge in [-0.2, -0.15) is 0 Å². The summed E-state index contributed by atoms with van der Waals surface area (Å²) in [5.41, 5.74) is 3.40. The van der Waals surface area contributed by atoms with Crippen LogP contribution < -0.4 is 5.32 Å². The Morgan fingerprint density at radius 3 is 2.81 bits per heavy atom. The Morgan fingerprint density at radius 1 is 1.06 bits per heavy atom. The van der Waals surface area contributed by atoms with Gasteiger partial charge in [0.2, 0.25) is 5.91 Å². The number of benzene rings is 2. The van der Waals surface area contributed by atoms with Crippen molar-refractivity contribution < 1.29 is 4.79 Å². The first-order chi connectivity index (χ1) is 15.3. The van der Waals surface area contributed by atoms with Crippen LogP contribution in [0.3, 0.4) is 0 Å². The molecule has 4 nitrogen and oxygen atoms in total. The molecular formula is C25H23N3OS2. The first-order valence-corrected chi connectivity index (χ1v) is 12.2. The molecule has 0 aliphatic heterocycles. The van der Waals surface area contributed by atoms with Crippen molar-refractivity contribution in [1.82, 2.24) is 15.3 Å². The van der Waals surface area contributed by atoms with Crippen molar-refractivity contribution in [3.8, 4) is 0 Å². The molecule has 0 fully saturated rings. The number of para-hydroxylation sites is 2. The molecule has 3 heterocycles. The van der Waals surface area contributed by atoms with Crippen LogP contribution in [0.25, 0.3) is 21.1 Å². The van der Waals surface area contributed by atoms with Crippen LogP contribution in [0, 0.1) is 0 Å². The molecule has 0 aliphatic rings. The molecule has 0 saturated heterocycles. The number of thiazole rings is 1. The van der Waals surface area contributed by atoms with Gasteiger partial charge in [-0.3, -0.25) is 4.79 Å². The molecule has 1 amide bonds. The SMILES string of the molecule is O=C(CCCc1nc2ccccc2s1)NCC(c1cccs1)c1c[nH]c2ccccc12. The summed E-state index contributed by atoms with van der Waals surface area (Å²) in [6, 6.07) is 20.7. The van der Waals surface area contributed by atoms with Gasteiger partial charge in [-0.05, 0) is 48.1 Å². The number of rotatable bonds is 8. The average Bonchev–Trinajstić information content (AvgIpc) is 3.54. The van der Waals surface area contributed by atoms with Gasteiger partial charge in [0, 0.05) is 40.9 Å². The third-order valence-corrected chi connectivity index (χ3v) is 7.60. The zero-order valence-electron chi connectivity index (χ0n) is 17.0. The lowest BCUT2D eigenvalue weighted by Crippen LogP contribution is -2.28. The van der Waals surface area contributed by atoms with Gasteiger partial charge in [-0.1, -0.05) is 36.4 Å². The Kier molecular flexibility index (Phi) is 5.82. The van der Waals surface area contributed by atoms with Crippen molar-refractivity contribution >= 4 is 49.7 Å². The van der Waals surface area contributed by atoms with E-state index in [1.807, 2.05) is 24.3 Å². The minimum Gasteiger partial charge on any atom is -0.361 e. The number of nitrogens with one attached hydrogen (secondary N) is 2. The minimum atomic E-state index is 0.0995. The lowest BCUT2D eigenvalue weighted by Gasteiger charge is -2.16. The third kappa shape index (κ3) is 4.40. The Labute approximate surface area is 189 Å². The first-order valence-electron chi connectivity index (χ1n) is 10.5. The number of aryl methyl sites for hydroxylation is 1. The highest BCUT2D eigenvalue weighted by Crippen LogP contribution is 2.32. The molecule has 5 rings (SSSR count). The molecule has 5 aromatic rings. The van der Waals surface area contributed by atoms with Crippen molar-refractivity contribution in [2.75, 3.05) is 6.54 Å². The third-order valence-electron chi connectivity index (χ3n) is 5.52. The van der Waals surface area contributed by atoms with Crippen molar-refractivity contribution in [3.63, 3.8) is 0 Å². The number of aromatic nitrogens is 2. The van der Waals surface area contributed by atoms with Crippen LogP contribution in [0.1, 0.15) is 34.2 Å². The van der Waals surface area contributed by atoms with Crippen molar-refractivity contribution in [2.45, 2.75) is 25.2 Å². The minimum absolute atomic E-state index is 0.0995. The largest absolute Gasteiger partial charge is 0.361 e. The zero-order chi connectivity index (χ0) is 21.0. The molecule has 0 spiro atoms. The molecule has 31 heavy (non-hydrogen) atoms. The molecule has 2 aromatic carbocycles. The number of aromatic amines is 1. The molecule has 2 N–H and O–H groups in total. The second-order valence-electron chi connectivity index (χ2n) is 7.59. The van der Waals surface area contributed by atoms with Gasteiger partial charge in [0.25, 0.3) is 0 Å². The summed E-state index contributed by atoms with van der Waals surface area (Å²) in [4.78, 5) is 21.9. The van der Waals surface area contributed by atoms with E-state index in [4.69, 9.17) is 0 Å². The van der Waals surface area contributed by atoms with Gasteiger partial charge in [0.1, 0.15) is 0 Å². The van der Waals surface area contributed by atoms with Gasteiger partial charge >= 0.3 is 0 Å². The summed E-state index contributed by atoms with van der Waals surface area (Å²) in [5.74, 6) is 0.242. The maximum absolute atomic E-state index is 12.6. The van der Waals surface area contributed by atoms with E-state index in [1.54, 1.807) is 22.7 Å². The van der Waals surface area contributed by atoms with Gasteiger partial charge < -0.3 is 10.3 Å². The molecular weight excluding hydrogens is 422 g/mol. The predicted molar refractivity (Wildman–Crippen MR) is 130 cm³/mol. The van der Waals surface area contributed by atoms with E-state index in [0.717, 1.165) is 28.9 Å². The van der Waals surface area contributed by atoms with E-state index in [0.29, 0.717) is 13.0 Å². The van der Waals surface area contributed by atoms with Crippen molar-refractivity contribution in [2.24, 2.45) is 0 Å². The van der Waals surface area contributed by atoms with Crippen LogP contribution in [0.4, 0.5) is 0 Å². The topological polar surface area (TPSA) is 57.8 Å². The lowest BCUT2D eigenvalue weighted by atomic mass is 9.96. The Bertz CT molecular complexity index is 1270. The van der Waals surface area contributed by atoms with E-state index in [1.165, 1.54) is 20.5 Å². The van der Waals surface area contributed by atoms with Gasteiger partial charge in [0.05, 0.1) is 15.2 Å². The average molecular weight is 446 g/mol. The monoisotopic (exact) mass is 445 g/mol. The number of H-pyrrole nitrogens is 1. The van der Waals surface area contributed by atoms with Crippen LogP contribution in [0.15, 0.2) is 72.2 Å². The molecule has 0 saturated carbocycles. The fourth-order valence-corrected chi connectivity index (χ4v) is 5.82. The van der Waals surface area contributed by atoms with Gasteiger partial charge in [-0.15, -0.1) is 22.7 Å². The lowest BCUT2D eigenvalue weighted by molar-refractivity contribution is -0.121. The van der Waals surface area contributed by atoms with Crippen LogP contribution in [-0.4, -0.2) is 22.4 Å². The second-order valence-corrected chi connectivity index (χ2v) is 9.69. The molecule has 3 aromatic heterocycles. The standard InChI is InChI=1S/C25H23N3OS2/c29-24(12-5-13-25-28-21-9-3-4-10-23(21)31-25)27-16-19(22-11-6-14-30-22)18-15-26-20-8-2-1-7-17(18)20/h1-4,6-11,14-15,19,26H,5,12-13,16H2,(H,27,29). The summed E-state index contributed by atoms with van der Waals surface area (Å²) in [5, 5.41) is 7.58. The Hall–Kier alpha value is -2.96. The number of fused-ring (bicyclic) bond motifs is 2. The Morgan fingerprint density at radius 2 is 1.94 bits per heavy atom. The number of carbonyl (C=O) groups excluding carboxylic acids is 1. The second kappa shape index (κ2) is 9.04. The number of amides is 1. The van der Waals surface area contributed by atoms with Crippen LogP contribution in [-0.2, 0) is 11.2 Å². The molecule has 0 aliphatic carbocycles. The van der Waals surface area contributed by atoms with Crippen molar-refractivity contribution in [1.29, 1.82) is 0 Å². The smallest absolute Gasteiger partial charge is 0.220 e. The summed E-state index contributed by atoms with van der Waals surface area (Å²) in [6.45, 7) is 0.600. The first kappa shape index (κ1) is 20.0. The highest BCUT2D eigenvalue weighted by atomic mass is 32.1. The number of hydrogen-bond acceptors (Lipinski definition) is 4. The molecule has 0 radical (unpaired) electrons. The summed E-state index contributed by atoms with van der Waals surface area (Å²) in [7, 11) is 0. The van der Waals surface area contributed by atoms with E-state index < -0.39 is 0 Å². The van der Waals surface area contributed by atoms with Crippen molar-refractivity contribution in [3.05, 3.63) is 87.7 Å². The Balaban J connectivity index is 1.21. The number of hydrogen-bond donors (Lipinski definition) is 2. The summed E-state index contributed by atoms with van der Waals surface area (Å²) >= 11 is 3.45. The molecule has 0 bridgehead atoms. The molecule has 156 valence electrons. The molecule has 1 unspecified atom stereocenters. The fraction of sp³-hybridized carbons (Fsp3) is 0.200. The number of thiophene rings is 1. The van der Waals surface area contributed by atoms with Gasteiger partial charge in [0.15, 0.2) is 0 Å². The van der Waals surface area contributed by atoms with E-state index in [-0.39, 0.29) is 11.8 Å². The van der Waals surface area contributed by atoms with Crippen LogP contribution in [0.2, 0.25) is 0 Å². The number of carbonyl (C=O) groups is 1. The fourth-order valence-electron chi connectivity index (χ4n) is 3.97. The highest BCUT2D eigenvalue weighted by Gasteiger charge is 2.20. The predicted octanol–water partition coefficient (Wildman–Crippen LogP) is 6.11. The normalized spacial score (nSPS) is 12.4. The van der Waals surface area contributed by atoms with E-state index >= 15 is 0 Å². The van der Waals surface area contributed by atoms with Crippen LogP contribution >= 0.6 is 22.7 Å².